The molecule has 0 saturated heterocycles. The maximum absolute atomic E-state index is 12.2. The fourth-order valence-corrected chi connectivity index (χ4v) is 2.33. The number of benzene rings is 2. The normalized spacial score (nSPS) is 11.2. The Morgan fingerprint density at radius 3 is 1.86 bits per heavy atom. The Kier molecular flexibility index (Phi) is 8.52. The van der Waals surface area contributed by atoms with Crippen LogP contribution in [-0.2, 0) is 41.8 Å². The summed E-state index contributed by atoms with van der Waals surface area (Å²) >= 11 is 0. The summed E-state index contributed by atoms with van der Waals surface area (Å²) in [4.78, 5) is 47.8. The molecule has 0 aliphatic rings. The highest BCUT2D eigenvalue weighted by atomic mass is 16.6. The lowest BCUT2D eigenvalue weighted by Gasteiger charge is -2.13. The maximum atomic E-state index is 12.2. The smallest absolute Gasteiger partial charge is 0.414 e. The molecule has 2 aromatic rings. The Labute approximate surface area is 167 Å². The third kappa shape index (κ3) is 7.55. The Balaban J connectivity index is 1.78. The number of carbonyl (C=O) groups is 4. The van der Waals surface area contributed by atoms with Crippen molar-refractivity contribution in [3.63, 3.8) is 0 Å². The molecule has 0 spiro atoms. The van der Waals surface area contributed by atoms with Gasteiger partial charge in [-0.25, -0.2) is 4.79 Å². The van der Waals surface area contributed by atoms with E-state index in [4.69, 9.17) is 14.2 Å². The standard InChI is InChI=1S/C21H21NO7/c1-27-19(17(23)12-18(24)28-13-15-8-4-2-5-9-15)20(25)22-21(26)29-14-16-10-6-3-7-11-16/h2-11,19H,12-14H2,1H3,(H,22,25,26). The minimum absolute atomic E-state index is 0.00259. The van der Waals surface area contributed by atoms with Crippen LogP contribution in [0.4, 0.5) is 4.79 Å². The molecular weight excluding hydrogens is 378 g/mol. The molecule has 8 heteroatoms. The summed E-state index contributed by atoms with van der Waals surface area (Å²) < 4.78 is 14.7. The monoisotopic (exact) mass is 399 g/mol. The first-order valence-electron chi connectivity index (χ1n) is 8.76. The fourth-order valence-electron chi connectivity index (χ4n) is 2.33. The van der Waals surface area contributed by atoms with Gasteiger partial charge in [-0.2, -0.15) is 0 Å². The maximum Gasteiger partial charge on any atom is 0.414 e. The number of rotatable bonds is 9. The number of amides is 2. The highest BCUT2D eigenvalue weighted by Crippen LogP contribution is 2.05. The number of alkyl carbamates (subject to hydrolysis) is 1. The molecule has 29 heavy (non-hydrogen) atoms. The van der Waals surface area contributed by atoms with Crippen molar-refractivity contribution in [2.45, 2.75) is 25.7 Å². The van der Waals surface area contributed by atoms with Gasteiger partial charge < -0.3 is 14.2 Å². The second-order valence-electron chi connectivity index (χ2n) is 5.96. The van der Waals surface area contributed by atoms with E-state index in [0.717, 1.165) is 18.2 Å². The molecule has 0 heterocycles. The predicted octanol–water partition coefficient (Wildman–Crippen LogP) is 2.16. The molecule has 8 nitrogen and oxygen atoms in total. The van der Waals surface area contributed by atoms with E-state index in [0.29, 0.717) is 0 Å². The Morgan fingerprint density at radius 2 is 1.34 bits per heavy atom. The van der Waals surface area contributed by atoms with Gasteiger partial charge in [-0.05, 0) is 11.1 Å². The van der Waals surface area contributed by atoms with Crippen molar-refractivity contribution in [3.8, 4) is 0 Å². The lowest BCUT2D eigenvalue weighted by molar-refractivity contribution is -0.150. The molecule has 0 aliphatic heterocycles. The van der Waals surface area contributed by atoms with Crippen LogP contribution >= 0.6 is 0 Å². The van der Waals surface area contributed by atoms with Crippen LogP contribution in [-0.4, -0.2) is 37.0 Å². The quantitative estimate of drug-likeness (QED) is 0.508. The first-order chi connectivity index (χ1) is 14.0. The van der Waals surface area contributed by atoms with Gasteiger partial charge in [0.15, 0.2) is 11.9 Å². The zero-order valence-corrected chi connectivity index (χ0v) is 15.8. The number of ketones is 1. The first-order valence-corrected chi connectivity index (χ1v) is 8.76. The summed E-state index contributed by atoms with van der Waals surface area (Å²) in [6.45, 7) is -0.0417. The van der Waals surface area contributed by atoms with Gasteiger partial charge in [0.05, 0.1) is 0 Å². The molecule has 0 aliphatic carbocycles. The summed E-state index contributed by atoms with van der Waals surface area (Å²) in [5, 5.41) is 1.92. The van der Waals surface area contributed by atoms with Crippen LogP contribution in [0.5, 0.6) is 0 Å². The molecule has 2 aromatic carbocycles. The van der Waals surface area contributed by atoms with Crippen LogP contribution in [0.15, 0.2) is 60.7 Å². The first kappa shape index (κ1) is 21.8. The lowest BCUT2D eigenvalue weighted by atomic mass is 10.1. The molecule has 0 fully saturated rings. The molecule has 0 aromatic heterocycles. The number of Topliss-reactive ketones (excluding diaryl/α,β-unsaturated/α-hetero) is 1. The molecular formula is C21H21NO7. The SMILES string of the molecule is COC(C(=O)CC(=O)OCc1ccccc1)C(=O)NC(=O)OCc1ccccc1. The minimum Gasteiger partial charge on any atom is -0.460 e. The van der Waals surface area contributed by atoms with Crippen molar-refractivity contribution in [2.75, 3.05) is 7.11 Å². The number of hydrogen-bond donors (Lipinski definition) is 1. The van der Waals surface area contributed by atoms with Crippen LogP contribution in [0.1, 0.15) is 17.5 Å². The van der Waals surface area contributed by atoms with Crippen molar-refractivity contribution in [2.24, 2.45) is 0 Å². The lowest BCUT2D eigenvalue weighted by Crippen LogP contribution is -2.44. The van der Waals surface area contributed by atoms with Gasteiger partial charge in [0, 0.05) is 7.11 Å². The van der Waals surface area contributed by atoms with Gasteiger partial charge in [-0.1, -0.05) is 60.7 Å². The highest BCUT2D eigenvalue weighted by molar-refractivity contribution is 6.12. The van der Waals surface area contributed by atoms with E-state index in [2.05, 4.69) is 0 Å². The Bertz CT molecular complexity index is 767. The van der Waals surface area contributed by atoms with Crippen LogP contribution in [0.3, 0.4) is 0 Å². The zero-order chi connectivity index (χ0) is 21.1. The summed E-state index contributed by atoms with van der Waals surface area (Å²) in [6.07, 6.45) is -3.33. The molecule has 1 N–H and O–H groups in total. The number of carbonyl (C=O) groups excluding carboxylic acids is 4. The predicted molar refractivity (Wildman–Crippen MR) is 101 cm³/mol. The molecule has 2 amide bonds. The topological polar surface area (TPSA) is 108 Å². The van der Waals surface area contributed by atoms with Crippen LogP contribution in [0.2, 0.25) is 0 Å². The zero-order valence-electron chi connectivity index (χ0n) is 15.8. The van der Waals surface area contributed by atoms with Gasteiger partial charge in [-0.15, -0.1) is 0 Å². The van der Waals surface area contributed by atoms with Gasteiger partial charge >= 0.3 is 12.1 Å². The summed E-state index contributed by atoms with van der Waals surface area (Å²) in [5.74, 6) is -2.66. The number of ether oxygens (including phenoxy) is 3. The number of esters is 1. The summed E-state index contributed by atoms with van der Waals surface area (Å²) in [5.41, 5.74) is 1.49. The van der Waals surface area contributed by atoms with Crippen LogP contribution in [0, 0.1) is 0 Å². The van der Waals surface area contributed by atoms with Gasteiger partial charge in [-0.3, -0.25) is 19.7 Å². The van der Waals surface area contributed by atoms with Crippen molar-refractivity contribution in [1.82, 2.24) is 5.32 Å². The van der Waals surface area contributed by atoms with E-state index in [1.807, 2.05) is 17.4 Å². The van der Waals surface area contributed by atoms with Gasteiger partial charge in [0.25, 0.3) is 5.91 Å². The van der Waals surface area contributed by atoms with Crippen molar-refractivity contribution in [1.29, 1.82) is 0 Å². The molecule has 0 radical (unpaired) electrons. The summed E-state index contributed by atoms with van der Waals surface area (Å²) in [6, 6.07) is 17.8. The molecule has 2 rings (SSSR count). The molecule has 0 saturated carbocycles. The molecule has 0 bridgehead atoms. The van der Waals surface area contributed by atoms with E-state index in [-0.39, 0.29) is 13.2 Å². The van der Waals surface area contributed by atoms with Crippen molar-refractivity contribution in [3.05, 3.63) is 71.8 Å². The molecule has 1 unspecified atom stereocenters. The fraction of sp³-hybridized carbons (Fsp3) is 0.238. The molecule has 152 valence electrons. The van der Waals surface area contributed by atoms with Crippen LogP contribution < -0.4 is 5.32 Å². The van der Waals surface area contributed by atoms with Gasteiger partial charge in [0.2, 0.25) is 0 Å². The van der Waals surface area contributed by atoms with Crippen molar-refractivity contribution >= 4 is 23.8 Å². The number of hydrogen-bond acceptors (Lipinski definition) is 7. The largest absolute Gasteiger partial charge is 0.460 e. The summed E-state index contributed by atoms with van der Waals surface area (Å²) in [7, 11) is 1.12. The Hall–Kier alpha value is -3.52. The van der Waals surface area contributed by atoms with E-state index in [1.54, 1.807) is 48.5 Å². The van der Waals surface area contributed by atoms with Crippen molar-refractivity contribution < 1.29 is 33.4 Å². The third-order valence-electron chi connectivity index (χ3n) is 3.77. The number of methoxy groups -OCH3 is 1. The average molecular weight is 399 g/mol. The number of imide groups is 1. The Morgan fingerprint density at radius 1 is 0.828 bits per heavy atom. The van der Waals surface area contributed by atoms with E-state index in [9.17, 15) is 19.2 Å². The average Bonchev–Trinajstić information content (AvgIpc) is 2.72. The van der Waals surface area contributed by atoms with Gasteiger partial charge in [0.1, 0.15) is 19.6 Å². The van der Waals surface area contributed by atoms with E-state index < -0.39 is 36.3 Å². The van der Waals surface area contributed by atoms with E-state index >= 15 is 0 Å². The number of nitrogens with one attached hydrogen (secondary N) is 1. The highest BCUT2D eigenvalue weighted by Gasteiger charge is 2.30. The third-order valence-corrected chi connectivity index (χ3v) is 3.77. The second-order valence-corrected chi connectivity index (χ2v) is 5.96. The minimum atomic E-state index is -1.64. The van der Waals surface area contributed by atoms with Crippen LogP contribution in [0.25, 0.3) is 0 Å². The second kappa shape index (κ2) is 11.4. The molecule has 1 atom stereocenters. The van der Waals surface area contributed by atoms with E-state index in [1.165, 1.54) is 0 Å².